The van der Waals surface area contributed by atoms with E-state index in [0.29, 0.717) is 40.8 Å². The Bertz CT molecular complexity index is 1090. The zero-order valence-electron chi connectivity index (χ0n) is 16.6. The van der Waals surface area contributed by atoms with Crippen molar-refractivity contribution >= 4 is 23.2 Å². The van der Waals surface area contributed by atoms with Gasteiger partial charge in [0.05, 0.1) is 24.5 Å². The average molecular weight is 409 g/mol. The van der Waals surface area contributed by atoms with Gasteiger partial charge in [0.1, 0.15) is 5.82 Å². The molecule has 1 amide bonds. The Morgan fingerprint density at radius 1 is 1.13 bits per heavy atom. The minimum atomic E-state index is -0.620. The van der Waals surface area contributed by atoms with Crippen LogP contribution in [-0.4, -0.2) is 29.5 Å². The number of hydrogen-bond donors (Lipinski definition) is 0. The number of carbonyl (C=O) groups is 1. The Morgan fingerprint density at radius 3 is 2.60 bits per heavy atom. The van der Waals surface area contributed by atoms with E-state index in [1.54, 1.807) is 42.4 Å². The summed E-state index contributed by atoms with van der Waals surface area (Å²) < 4.78 is 20.2. The predicted octanol–water partition coefficient (Wildman–Crippen LogP) is 2.71. The molecule has 0 aliphatic carbocycles. The van der Waals surface area contributed by atoms with Gasteiger partial charge in [-0.1, -0.05) is 0 Å². The van der Waals surface area contributed by atoms with E-state index in [1.807, 2.05) is 6.92 Å². The van der Waals surface area contributed by atoms with Crippen molar-refractivity contribution < 1.29 is 18.7 Å². The first kappa shape index (κ1) is 19.7. The van der Waals surface area contributed by atoms with Gasteiger partial charge in [-0.15, -0.1) is 0 Å². The summed E-state index contributed by atoms with van der Waals surface area (Å²) in [7, 11) is 1.63. The molecule has 30 heavy (non-hydrogen) atoms. The van der Waals surface area contributed by atoms with Crippen LogP contribution in [0.4, 0.5) is 21.7 Å². The first-order valence-electron chi connectivity index (χ1n) is 9.44. The summed E-state index contributed by atoms with van der Waals surface area (Å²) in [5, 5.41) is 11.1. The maximum Gasteiger partial charge on any atom is 0.261 e. The molecule has 1 aliphatic heterocycles. The molecule has 0 atom stereocenters. The summed E-state index contributed by atoms with van der Waals surface area (Å²) in [4.78, 5) is 24.7. The number of carbonyl (C=O) groups excluding carboxylic acids is 1. The summed E-state index contributed by atoms with van der Waals surface area (Å²) >= 11 is 0. The second-order valence-electron chi connectivity index (χ2n) is 6.86. The van der Waals surface area contributed by atoms with Crippen LogP contribution in [-0.2, 0) is 18.0 Å². The van der Waals surface area contributed by atoms with Crippen LogP contribution >= 0.6 is 0 Å². The lowest BCUT2D eigenvalue weighted by molar-refractivity contribution is -0.605. The van der Waals surface area contributed by atoms with Crippen molar-refractivity contribution in [2.45, 2.75) is 20.1 Å². The summed E-state index contributed by atoms with van der Waals surface area (Å²) in [6.45, 7) is 2.92. The van der Waals surface area contributed by atoms with Gasteiger partial charge in [-0.3, -0.25) is 4.79 Å². The van der Waals surface area contributed by atoms with E-state index in [9.17, 15) is 14.4 Å². The van der Waals surface area contributed by atoms with E-state index in [1.165, 1.54) is 23.4 Å². The van der Waals surface area contributed by atoms with Crippen molar-refractivity contribution in [1.29, 1.82) is 0 Å². The summed E-state index contributed by atoms with van der Waals surface area (Å²) in [5.41, 5.74) is 2.50. The molecule has 0 radical (unpaired) electrons. The topological polar surface area (TPSA) is 85.5 Å². The SMILES string of the molecule is CCN1c2ncc(COCc3cc[n+]([O-])cc3)cc2C(=O)N(C)c2ccc(F)nc21. The maximum absolute atomic E-state index is 13.8. The van der Waals surface area contributed by atoms with E-state index in [2.05, 4.69) is 9.97 Å². The van der Waals surface area contributed by atoms with Crippen LogP contribution < -0.4 is 14.5 Å². The first-order valence-corrected chi connectivity index (χ1v) is 9.44. The third-order valence-electron chi connectivity index (χ3n) is 4.88. The standard InChI is InChI=1S/C21H20FN5O3/c1-3-27-19-16(21(28)25(2)17-4-5-18(22)24-20(17)27)10-15(11-23-19)13-30-12-14-6-8-26(29)9-7-14/h4-11H,3,12-13H2,1-2H3. The summed E-state index contributed by atoms with van der Waals surface area (Å²) in [6, 6.07) is 7.88. The van der Waals surface area contributed by atoms with Crippen molar-refractivity contribution in [2.24, 2.45) is 0 Å². The fourth-order valence-electron chi connectivity index (χ4n) is 3.35. The molecule has 4 rings (SSSR count). The van der Waals surface area contributed by atoms with Gasteiger partial charge in [-0.05, 0) is 36.2 Å². The van der Waals surface area contributed by atoms with E-state index in [-0.39, 0.29) is 12.5 Å². The lowest BCUT2D eigenvalue weighted by Crippen LogP contribution is -2.25. The number of ether oxygens (including phenoxy) is 1. The van der Waals surface area contributed by atoms with Gasteiger partial charge >= 0.3 is 0 Å². The van der Waals surface area contributed by atoms with Crippen molar-refractivity contribution in [3.8, 4) is 0 Å². The molecule has 4 heterocycles. The van der Waals surface area contributed by atoms with Gasteiger partial charge in [0, 0.05) is 31.9 Å². The Balaban J connectivity index is 1.61. The van der Waals surface area contributed by atoms with E-state index < -0.39 is 5.95 Å². The highest BCUT2D eigenvalue weighted by Crippen LogP contribution is 2.37. The Labute approximate surface area is 172 Å². The molecule has 154 valence electrons. The van der Waals surface area contributed by atoms with E-state index in [4.69, 9.17) is 4.74 Å². The van der Waals surface area contributed by atoms with Crippen LogP contribution in [0, 0.1) is 11.2 Å². The van der Waals surface area contributed by atoms with Crippen molar-refractivity contribution in [3.63, 3.8) is 0 Å². The van der Waals surface area contributed by atoms with Crippen LogP contribution in [0.15, 0.2) is 48.9 Å². The molecule has 0 bridgehead atoms. The molecule has 0 saturated heterocycles. The van der Waals surface area contributed by atoms with Crippen LogP contribution in [0.2, 0.25) is 0 Å². The molecular formula is C21H20FN5O3. The summed E-state index contributed by atoms with van der Waals surface area (Å²) in [5.74, 6) is -0.0979. The molecule has 0 N–H and O–H groups in total. The van der Waals surface area contributed by atoms with E-state index in [0.717, 1.165) is 11.1 Å². The third-order valence-corrected chi connectivity index (χ3v) is 4.88. The van der Waals surface area contributed by atoms with Gasteiger partial charge in [0.15, 0.2) is 18.2 Å². The number of pyridine rings is 3. The zero-order valence-corrected chi connectivity index (χ0v) is 16.6. The molecule has 0 fully saturated rings. The quantitative estimate of drug-likeness (QED) is 0.366. The number of hydrogen-bond acceptors (Lipinski definition) is 6. The molecule has 1 aliphatic rings. The molecule has 0 unspecified atom stereocenters. The Morgan fingerprint density at radius 2 is 1.87 bits per heavy atom. The minimum absolute atomic E-state index is 0.246. The van der Waals surface area contributed by atoms with E-state index >= 15 is 0 Å². The molecule has 9 heteroatoms. The number of amides is 1. The van der Waals surface area contributed by atoms with Gasteiger partial charge in [-0.25, -0.2) is 4.98 Å². The number of halogens is 1. The molecular weight excluding hydrogens is 389 g/mol. The highest BCUT2D eigenvalue weighted by Gasteiger charge is 2.31. The number of anilines is 3. The van der Waals surface area contributed by atoms with Crippen LogP contribution in [0.1, 0.15) is 28.4 Å². The van der Waals surface area contributed by atoms with Gasteiger partial charge < -0.3 is 19.7 Å². The molecule has 3 aromatic rings. The van der Waals surface area contributed by atoms with Gasteiger partial charge in [-0.2, -0.15) is 14.1 Å². The Kier molecular flexibility index (Phi) is 5.28. The smallest absolute Gasteiger partial charge is 0.261 e. The van der Waals surface area contributed by atoms with Crippen LogP contribution in [0.25, 0.3) is 0 Å². The van der Waals surface area contributed by atoms with Crippen molar-refractivity contribution in [2.75, 3.05) is 23.4 Å². The fraction of sp³-hybridized carbons (Fsp3) is 0.238. The molecule has 0 aromatic carbocycles. The maximum atomic E-state index is 13.8. The third kappa shape index (κ3) is 3.67. The second-order valence-corrected chi connectivity index (χ2v) is 6.86. The average Bonchev–Trinajstić information content (AvgIpc) is 2.83. The molecule has 0 spiro atoms. The largest absolute Gasteiger partial charge is 0.619 e. The lowest BCUT2D eigenvalue weighted by atomic mass is 10.1. The van der Waals surface area contributed by atoms with Crippen LogP contribution in [0.5, 0.6) is 0 Å². The van der Waals surface area contributed by atoms with Gasteiger partial charge in [0.25, 0.3) is 5.91 Å². The lowest BCUT2D eigenvalue weighted by Gasteiger charge is -2.22. The highest BCUT2D eigenvalue weighted by atomic mass is 19.1. The molecule has 8 nitrogen and oxygen atoms in total. The van der Waals surface area contributed by atoms with Crippen molar-refractivity contribution in [1.82, 2.24) is 9.97 Å². The minimum Gasteiger partial charge on any atom is -0.619 e. The molecule has 0 saturated carbocycles. The molecule has 3 aromatic heterocycles. The monoisotopic (exact) mass is 409 g/mol. The van der Waals surface area contributed by atoms with Crippen molar-refractivity contribution in [3.05, 3.63) is 76.8 Å². The number of rotatable bonds is 5. The normalized spacial score (nSPS) is 13.1. The Hall–Kier alpha value is -3.59. The highest BCUT2D eigenvalue weighted by molar-refractivity contribution is 6.12. The summed E-state index contributed by atoms with van der Waals surface area (Å²) in [6.07, 6.45) is 4.45. The number of nitrogens with zero attached hydrogens (tertiary/aromatic N) is 5. The second kappa shape index (κ2) is 8.03. The number of aromatic nitrogens is 3. The number of fused-ring (bicyclic) bond motifs is 2. The van der Waals surface area contributed by atoms with Gasteiger partial charge in [0.2, 0.25) is 5.95 Å². The zero-order chi connectivity index (χ0) is 21.3. The fourth-order valence-corrected chi connectivity index (χ4v) is 3.35. The predicted molar refractivity (Wildman–Crippen MR) is 108 cm³/mol. The van der Waals surface area contributed by atoms with Crippen LogP contribution in [0.3, 0.4) is 0 Å². The first-order chi connectivity index (χ1) is 14.5.